The number of benzene rings is 3. The van der Waals surface area contributed by atoms with Crippen LogP contribution in [0, 0.1) is 0 Å². The first-order valence-corrected chi connectivity index (χ1v) is 11.0. The van der Waals surface area contributed by atoms with Crippen LogP contribution in [0.2, 0.25) is 5.02 Å². The summed E-state index contributed by atoms with van der Waals surface area (Å²) in [6.45, 7) is 0.467. The molecule has 0 unspecified atom stereocenters. The lowest BCUT2D eigenvalue weighted by Crippen LogP contribution is -2.30. The molecule has 0 saturated carbocycles. The number of aromatic amines is 1. The molecule has 0 atom stereocenters. The molecule has 4 aromatic rings. The molecule has 0 bridgehead atoms. The van der Waals surface area contributed by atoms with Gasteiger partial charge in [-0.15, -0.1) is 5.10 Å². The summed E-state index contributed by atoms with van der Waals surface area (Å²) >= 11 is 5.93. The van der Waals surface area contributed by atoms with Gasteiger partial charge in [-0.1, -0.05) is 66.2 Å². The summed E-state index contributed by atoms with van der Waals surface area (Å²) in [5.41, 5.74) is 2.57. The van der Waals surface area contributed by atoms with Gasteiger partial charge in [-0.05, 0) is 45.8 Å². The smallest absolute Gasteiger partial charge is 0.239 e. The lowest BCUT2D eigenvalue weighted by molar-refractivity contribution is 0.401. The number of sulfonamides is 1. The fourth-order valence-corrected chi connectivity index (χ4v) is 4.56. The first-order valence-electron chi connectivity index (χ1n) is 9.15. The summed E-state index contributed by atoms with van der Waals surface area (Å²) < 4.78 is 28.2. The molecule has 0 amide bonds. The van der Waals surface area contributed by atoms with E-state index in [4.69, 9.17) is 11.6 Å². The van der Waals surface area contributed by atoms with Gasteiger partial charge in [-0.3, -0.25) is 0 Å². The lowest BCUT2D eigenvalue weighted by atomic mass is 10.1. The minimum atomic E-state index is -3.73. The van der Waals surface area contributed by atoms with E-state index in [1.807, 2.05) is 54.6 Å². The number of H-pyrrole nitrogens is 1. The van der Waals surface area contributed by atoms with Crippen molar-refractivity contribution < 1.29 is 8.42 Å². The largest absolute Gasteiger partial charge is 0.243 e. The van der Waals surface area contributed by atoms with E-state index in [-0.39, 0.29) is 18.0 Å². The Hall–Kier alpha value is -3.07. The molecule has 1 N–H and O–H groups in total. The van der Waals surface area contributed by atoms with Crippen LogP contribution in [-0.2, 0) is 23.1 Å². The lowest BCUT2D eigenvalue weighted by Gasteiger charge is -2.23. The Labute approximate surface area is 179 Å². The molecule has 7 nitrogen and oxygen atoms in total. The van der Waals surface area contributed by atoms with Crippen molar-refractivity contribution in [2.24, 2.45) is 0 Å². The van der Waals surface area contributed by atoms with Crippen molar-refractivity contribution in [1.29, 1.82) is 0 Å². The Morgan fingerprint density at radius 1 is 0.833 bits per heavy atom. The summed E-state index contributed by atoms with van der Waals surface area (Å²) in [6.07, 6.45) is 0. The highest BCUT2D eigenvalue weighted by Crippen LogP contribution is 2.23. The van der Waals surface area contributed by atoms with Gasteiger partial charge in [-0.25, -0.2) is 13.5 Å². The first-order chi connectivity index (χ1) is 14.5. The number of aromatic nitrogens is 4. The normalized spacial score (nSPS) is 11.7. The molecule has 0 spiro atoms. The van der Waals surface area contributed by atoms with Gasteiger partial charge in [0.05, 0.1) is 4.90 Å². The van der Waals surface area contributed by atoms with Crippen LogP contribution in [0.3, 0.4) is 0 Å². The van der Waals surface area contributed by atoms with Crippen LogP contribution in [0.5, 0.6) is 0 Å². The highest BCUT2D eigenvalue weighted by atomic mass is 35.5. The SMILES string of the molecule is O=S(=O)(c1ccc(Cl)cc1)N(Cc1ccccc1)Cc1ccc(-c2nnn[nH]2)cc1. The van der Waals surface area contributed by atoms with E-state index >= 15 is 0 Å². The predicted octanol–water partition coefficient (Wildman–Crippen LogP) is 3.91. The number of rotatable bonds is 7. The second-order valence-electron chi connectivity index (χ2n) is 6.66. The van der Waals surface area contributed by atoms with Crippen molar-refractivity contribution >= 4 is 21.6 Å². The van der Waals surface area contributed by atoms with E-state index in [1.54, 1.807) is 12.1 Å². The molecule has 152 valence electrons. The molecular weight excluding hydrogens is 422 g/mol. The average Bonchev–Trinajstić information content (AvgIpc) is 3.30. The predicted molar refractivity (Wildman–Crippen MR) is 114 cm³/mol. The van der Waals surface area contributed by atoms with Gasteiger partial charge >= 0.3 is 0 Å². The molecule has 1 heterocycles. The number of hydrogen-bond acceptors (Lipinski definition) is 5. The zero-order valence-corrected chi connectivity index (χ0v) is 17.4. The van der Waals surface area contributed by atoms with Crippen LogP contribution in [0.4, 0.5) is 0 Å². The van der Waals surface area contributed by atoms with Crippen molar-refractivity contribution in [2.75, 3.05) is 0 Å². The minimum absolute atomic E-state index is 0.201. The summed E-state index contributed by atoms with van der Waals surface area (Å²) in [4.78, 5) is 0.201. The summed E-state index contributed by atoms with van der Waals surface area (Å²) in [5.74, 6) is 0.552. The van der Waals surface area contributed by atoms with E-state index < -0.39 is 10.0 Å². The van der Waals surface area contributed by atoms with Crippen LogP contribution in [0.1, 0.15) is 11.1 Å². The third-order valence-electron chi connectivity index (χ3n) is 4.58. The maximum absolute atomic E-state index is 13.4. The molecule has 0 aliphatic heterocycles. The van der Waals surface area contributed by atoms with E-state index in [9.17, 15) is 8.42 Å². The highest BCUT2D eigenvalue weighted by molar-refractivity contribution is 7.89. The average molecular weight is 440 g/mol. The van der Waals surface area contributed by atoms with Crippen LogP contribution < -0.4 is 0 Å². The van der Waals surface area contributed by atoms with Gasteiger partial charge in [0.2, 0.25) is 10.0 Å². The number of nitrogens with one attached hydrogen (secondary N) is 1. The second kappa shape index (κ2) is 8.74. The fraction of sp³-hybridized carbons (Fsp3) is 0.0952. The van der Waals surface area contributed by atoms with E-state index in [1.165, 1.54) is 16.4 Å². The summed E-state index contributed by atoms with van der Waals surface area (Å²) in [6, 6.07) is 23.1. The first kappa shape index (κ1) is 20.2. The van der Waals surface area contributed by atoms with Crippen molar-refractivity contribution in [1.82, 2.24) is 24.9 Å². The maximum Gasteiger partial charge on any atom is 0.243 e. The monoisotopic (exact) mass is 439 g/mol. The quantitative estimate of drug-likeness (QED) is 0.471. The number of halogens is 1. The Balaban J connectivity index is 1.64. The molecule has 9 heteroatoms. The van der Waals surface area contributed by atoms with Crippen LogP contribution in [-0.4, -0.2) is 33.3 Å². The van der Waals surface area contributed by atoms with Gasteiger partial charge in [-0.2, -0.15) is 4.31 Å². The molecule has 0 radical (unpaired) electrons. The molecule has 0 aliphatic rings. The van der Waals surface area contributed by atoms with Crippen LogP contribution in [0.15, 0.2) is 83.8 Å². The molecule has 1 aromatic heterocycles. The number of nitrogens with zero attached hydrogens (tertiary/aromatic N) is 4. The third-order valence-corrected chi connectivity index (χ3v) is 6.64. The molecule has 3 aromatic carbocycles. The zero-order chi connectivity index (χ0) is 21.0. The van der Waals surface area contributed by atoms with Crippen LogP contribution >= 0.6 is 11.6 Å². The Kier molecular flexibility index (Phi) is 5.89. The van der Waals surface area contributed by atoms with Gasteiger partial charge < -0.3 is 0 Å². The second-order valence-corrected chi connectivity index (χ2v) is 9.03. The van der Waals surface area contributed by atoms with Gasteiger partial charge in [0.25, 0.3) is 0 Å². The topological polar surface area (TPSA) is 91.8 Å². The van der Waals surface area contributed by atoms with Crippen molar-refractivity contribution in [3.63, 3.8) is 0 Å². The maximum atomic E-state index is 13.4. The molecule has 0 aliphatic carbocycles. The molecule has 4 rings (SSSR count). The number of tetrazole rings is 1. The molecular formula is C21H18ClN5O2S. The van der Waals surface area contributed by atoms with Crippen molar-refractivity contribution in [2.45, 2.75) is 18.0 Å². The standard InChI is InChI=1S/C21H18ClN5O2S/c22-19-10-12-20(13-11-19)30(28,29)27(14-16-4-2-1-3-5-16)15-17-6-8-18(9-7-17)21-23-25-26-24-21/h1-13H,14-15H2,(H,23,24,25,26). The fourth-order valence-electron chi connectivity index (χ4n) is 3.02. The minimum Gasteiger partial charge on any atom is -0.239 e. The van der Waals surface area contributed by atoms with Crippen molar-refractivity contribution in [3.8, 4) is 11.4 Å². The Morgan fingerprint density at radius 3 is 2.07 bits per heavy atom. The van der Waals surface area contributed by atoms with Crippen LogP contribution in [0.25, 0.3) is 11.4 Å². The van der Waals surface area contributed by atoms with E-state index in [0.29, 0.717) is 10.8 Å². The number of hydrogen-bond donors (Lipinski definition) is 1. The zero-order valence-electron chi connectivity index (χ0n) is 15.8. The summed E-state index contributed by atoms with van der Waals surface area (Å²) in [5, 5.41) is 14.2. The highest BCUT2D eigenvalue weighted by Gasteiger charge is 2.25. The Bertz CT molecular complexity index is 1200. The van der Waals surface area contributed by atoms with E-state index in [2.05, 4.69) is 20.6 Å². The Morgan fingerprint density at radius 2 is 1.47 bits per heavy atom. The molecule has 30 heavy (non-hydrogen) atoms. The van der Waals surface area contributed by atoms with Gasteiger partial charge in [0.1, 0.15) is 0 Å². The van der Waals surface area contributed by atoms with Gasteiger partial charge in [0, 0.05) is 23.7 Å². The van der Waals surface area contributed by atoms with E-state index in [0.717, 1.165) is 16.7 Å². The summed E-state index contributed by atoms with van der Waals surface area (Å²) in [7, 11) is -3.73. The van der Waals surface area contributed by atoms with Gasteiger partial charge in [0.15, 0.2) is 5.82 Å². The van der Waals surface area contributed by atoms with Crippen molar-refractivity contribution in [3.05, 3.63) is 95.0 Å². The molecule has 0 saturated heterocycles. The molecule has 0 fully saturated rings. The third kappa shape index (κ3) is 4.56.